The Hall–Kier alpha value is -1.04. The van der Waals surface area contributed by atoms with Crippen molar-refractivity contribution in [2.75, 3.05) is 6.61 Å². The summed E-state index contributed by atoms with van der Waals surface area (Å²) in [5, 5.41) is 0.207. The molecule has 0 N–H and O–H groups in total. The molecular weight excluding hydrogens is 257 g/mol. The smallest absolute Gasteiger partial charge is 0.392 e. The van der Waals surface area contributed by atoms with Gasteiger partial charge in [-0.2, -0.15) is 18.2 Å². The minimum Gasteiger partial charge on any atom is -0.477 e. The zero-order chi connectivity index (χ0) is 13.1. The SMILES string of the molecule is CCc1nc(Cl)c(C)c(OCCC(F)(F)F)n1. The van der Waals surface area contributed by atoms with Gasteiger partial charge in [0.05, 0.1) is 13.0 Å². The van der Waals surface area contributed by atoms with E-state index >= 15 is 0 Å². The van der Waals surface area contributed by atoms with Gasteiger partial charge in [-0.1, -0.05) is 18.5 Å². The summed E-state index contributed by atoms with van der Waals surface area (Å²) in [6, 6.07) is 0. The molecule has 0 aliphatic heterocycles. The number of nitrogens with zero attached hydrogens (tertiary/aromatic N) is 2. The van der Waals surface area contributed by atoms with Crippen LogP contribution in [0.15, 0.2) is 0 Å². The molecule has 3 nitrogen and oxygen atoms in total. The number of halogens is 4. The van der Waals surface area contributed by atoms with Crippen LogP contribution in [-0.4, -0.2) is 22.8 Å². The second-order valence-electron chi connectivity index (χ2n) is 3.43. The summed E-state index contributed by atoms with van der Waals surface area (Å²) in [7, 11) is 0. The van der Waals surface area contributed by atoms with Crippen LogP contribution < -0.4 is 4.74 Å². The van der Waals surface area contributed by atoms with Gasteiger partial charge in [-0.25, -0.2) is 4.98 Å². The lowest BCUT2D eigenvalue weighted by molar-refractivity contribution is -0.139. The normalized spacial score (nSPS) is 11.6. The molecule has 0 aliphatic rings. The summed E-state index contributed by atoms with van der Waals surface area (Å²) < 4.78 is 40.8. The van der Waals surface area contributed by atoms with Crippen molar-refractivity contribution in [1.29, 1.82) is 0 Å². The van der Waals surface area contributed by atoms with Crippen molar-refractivity contribution in [2.24, 2.45) is 0 Å². The molecule has 0 fully saturated rings. The summed E-state index contributed by atoms with van der Waals surface area (Å²) >= 11 is 5.81. The number of hydrogen-bond donors (Lipinski definition) is 0. The Balaban J connectivity index is 2.73. The Kier molecular flexibility index (Phi) is 4.56. The molecule has 1 rings (SSSR count). The third-order valence-corrected chi connectivity index (χ3v) is 2.40. The molecular formula is C10H12ClF3N2O. The van der Waals surface area contributed by atoms with Crippen LogP contribution in [0.3, 0.4) is 0 Å². The molecule has 96 valence electrons. The molecule has 0 atom stereocenters. The van der Waals surface area contributed by atoms with Crippen LogP contribution in [0.1, 0.15) is 24.7 Å². The lowest BCUT2D eigenvalue weighted by Gasteiger charge is -2.11. The van der Waals surface area contributed by atoms with E-state index in [-0.39, 0.29) is 11.0 Å². The van der Waals surface area contributed by atoms with Crippen LogP contribution in [0.25, 0.3) is 0 Å². The van der Waals surface area contributed by atoms with E-state index in [1.807, 2.05) is 6.92 Å². The van der Waals surface area contributed by atoms with E-state index in [1.54, 1.807) is 6.92 Å². The Morgan fingerprint density at radius 2 is 1.94 bits per heavy atom. The van der Waals surface area contributed by atoms with Crippen molar-refractivity contribution in [3.8, 4) is 5.88 Å². The number of rotatable bonds is 4. The molecule has 0 spiro atoms. The lowest BCUT2D eigenvalue weighted by Crippen LogP contribution is -2.14. The average Bonchev–Trinajstić information content (AvgIpc) is 2.22. The fraction of sp³-hybridized carbons (Fsp3) is 0.600. The molecule has 1 aromatic heterocycles. The van der Waals surface area contributed by atoms with E-state index in [4.69, 9.17) is 16.3 Å². The van der Waals surface area contributed by atoms with E-state index in [1.165, 1.54) is 0 Å². The summed E-state index contributed by atoms with van der Waals surface area (Å²) in [6.07, 6.45) is -4.72. The fourth-order valence-corrected chi connectivity index (χ4v) is 1.25. The first-order valence-electron chi connectivity index (χ1n) is 5.06. The molecule has 0 amide bonds. The molecule has 1 aromatic rings. The molecule has 0 radical (unpaired) electrons. The standard InChI is InChI=1S/C10H12ClF3N2O/c1-3-7-15-8(11)6(2)9(16-7)17-5-4-10(12,13)14/h3-5H2,1-2H3. The topological polar surface area (TPSA) is 35.0 Å². The van der Waals surface area contributed by atoms with Crippen molar-refractivity contribution in [2.45, 2.75) is 32.9 Å². The van der Waals surface area contributed by atoms with E-state index in [0.717, 1.165) is 0 Å². The van der Waals surface area contributed by atoms with Crippen LogP contribution >= 0.6 is 11.6 Å². The maximum absolute atomic E-state index is 11.9. The highest BCUT2D eigenvalue weighted by molar-refractivity contribution is 6.30. The number of ether oxygens (including phenoxy) is 1. The molecule has 0 aromatic carbocycles. The molecule has 1 heterocycles. The first-order valence-corrected chi connectivity index (χ1v) is 5.44. The minimum atomic E-state index is -4.24. The van der Waals surface area contributed by atoms with E-state index < -0.39 is 19.2 Å². The third kappa shape index (κ3) is 4.38. The summed E-state index contributed by atoms with van der Waals surface area (Å²) in [6.45, 7) is 2.95. The Morgan fingerprint density at radius 3 is 2.47 bits per heavy atom. The largest absolute Gasteiger partial charge is 0.477 e. The van der Waals surface area contributed by atoms with Crippen LogP contribution in [0, 0.1) is 6.92 Å². The minimum absolute atomic E-state index is 0.117. The zero-order valence-electron chi connectivity index (χ0n) is 9.44. The molecule has 0 unspecified atom stereocenters. The Morgan fingerprint density at radius 1 is 1.29 bits per heavy atom. The van der Waals surface area contributed by atoms with Gasteiger partial charge in [-0.3, -0.25) is 0 Å². The fourth-order valence-electron chi connectivity index (χ4n) is 1.07. The van der Waals surface area contributed by atoms with Gasteiger partial charge in [0.25, 0.3) is 0 Å². The van der Waals surface area contributed by atoms with Crippen molar-refractivity contribution in [3.63, 3.8) is 0 Å². The van der Waals surface area contributed by atoms with Crippen LogP contribution in [0.5, 0.6) is 5.88 Å². The second-order valence-corrected chi connectivity index (χ2v) is 3.79. The van der Waals surface area contributed by atoms with Gasteiger partial charge in [-0.15, -0.1) is 0 Å². The van der Waals surface area contributed by atoms with Gasteiger partial charge in [0, 0.05) is 12.0 Å². The summed E-state index contributed by atoms with van der Waals surface area (Å²) in [5.41, 5.74) is 0.450. The quantitative estimate of drug-likeness (QED) is 0.786. The van der Waals surface area contributed by atoms with E-state index in [9.17, 15) is 13.2 Å². The van der Waals surface area contributed by atoms with Gasteiger partial charge in [-0.05, 0) is 6.92 Å². The molecule has 7 heteroatoms. The monoisotopic (exact) mass is 268 g/mol. The van der Waals surface area contributed by atoms with Crippen molar-refractivity contribution >= 4 is 11.6 Å². The van der Waals surface area contributed by atoms with E-state index in [0.29, 0.717) is 17.8 Å². The molecule has 0 bridgehead atoms. The van der Waals surface area contributed by atoms with Crippen LogP contribution in [0.4, 0.5) is 13.2 Å². The zero-order valence-corrected chi connectivity index (χ0v) is 10.2. The van der Waals surface area contributed by atoms with Crippen LogP contribution in [0.2, 0.25) is 5.15 Å². The van der Waals surface area contributed by atoms with Crippen LogP contribution in [-0.2, 0) is 6.42 Å². The third-order valence-electron chi connectivity index (χ3n) is 2.03. The average molecular weight is 269 g/mol. The summed E-state index contributed by atoms with van der Waals surface area (Å²) in [4.78, 5) is 7.95. The number of alkyl halides is 3. The van der Waals surface area contributed by atoms with Gasteiger partial charge in [0.2, 0.25) is 5.88 Å². The molecule has 0 saturated carbocycles. The highest BCUT2D eigenvalue weighted by Crippen LogP contribution is 2.24. The number of aromatic nitrogens is 2. The van der Waals surface area contributed by atoms with Crippen molar-refractivity contribution in [3.05, 3.63) is 16.5 Å². The summed E-state index contributed by atoms with van der Waals surface area (Å²) in [5.74, 6) is 0.564. The van der Waals surface area contributed by atoms with Gasteiger partial charge in [0.15, 0.2) is 0 Å². The number of hydrogen-bond acceptors (Lipinski definition) is 3. The highest BCUT2D eigenvalue weighted by atomic mass is 35.5. The Bertz CT molecular complexity index is 396. The maximum Gasteiger partial charge on any atom is 0.392 e. The number of aryl methyl sites for hydroxylation is 1. The van der Waals surface area contributed by atoms with Gasteiger partial charge < -0.3 is 4.74 Å². The second kappa shape index (κ2) is 5.53. The van der Waals surface area contributed by atoms with Gasteiger partial charge >= 0.3 is 6.18 Å². The highest BCUT2D eigenvalue weighted by Gasteiger charge is 2.27. The molecule has 0 aliphatic carbocycles. The molecule has 0 saturated heterocycles. The maximum atomic E-state index is 11.9. The first-order chi connectivity index (χ1) is 7.83. The van der Waals surface area contributed by atoms with E-state index in [2.05, 4.69) is 9.97 Å². The van der Waals surface area contributed by atoms with Gasteiger partial charge in [0.1, 0.15) is 11.0 Å². The Labute approximate surface area is 102 Å². The first kappa shape index (κ1) is 14.0. The van der Waals surface area contributed by atoms with Crippen molar-refractivity contribution < 1.29 is 17.9 Å². The lowest BCUT2D eigenvalue weighted by atomic mass is 10.3. The predicted octanol–water partition coefficient (Wildman–Crippen LogP) is 3.33. The van der Waals surface area contributed by atoms with Crippen molar-refractivity contribution in [1.82, 2.24) is 9.97 Å². The molecule has 17 heavy (non-hydrogen) atoms. The predicted molar refractivity (Wildman–Crippen MR) is 57.3 cm³/mol.